The van der Waals surface area contributed by atoms with E-state index in [1.165, 1.54) is 5.57 Å². The average Bonchev–Trinajstić information content (AvgIpc) is 2.36. The first-order valence-electron chi connectivity index (χ1n) is 6.48. The molecular weight excluding hydrogens is 248 g/mol. The summed E-state index contributed by atoms with van der Waals surface area (Å²) in [5.41, 5.74) is 1.17. The van der Waals surface area contributed by atoms with E-state index in [1.54, 1.807) is 4.90 Å². The summed E-state index contributed by atoms with van der Waals surface area (Å²) < 4.78 is 5.22. The monoisotopic (exact) mass is 270 g/mol. The predicted molar refractivity (Wildman–Crippen MR) is 71.0 cm³/mol. The van der Waals surface area contributed by atoms with Gasteiger partial charge in [-0.2, -0.15) is 0 Å². The highest BCUT2D eigenvalue weighted by Gasteiger charge is 2.23. The van der Waals surface area contributed by atoms with Crippen molar-refractivity contribution in [3.63, 3.8) is 0 Å². The smallest absolute Gasteiger partial charge is 0.329 e. The van der Waals surface area contributed by atoms with Gasteiger partial charge in [0.1, 0.15) is 6.61 Å². The highest BCUT2D eigenvalue weighted by Crippen LogP contribution is 2.13. The number of likely N-dealkylation sites (tertiary alicyclic amines) is 1. The molecule has 1 fully saturated rings. The molecule has 1 aliphatic rings. The van der Waals surface area contributed by atoms with Crippen LogP contribution < -0.4 is 5.32 Å². The van der Waals surface area contributed by atoms with Gasteiger partial charge in [0.25, 0.3) is 0 Å². The minimum Gasteiger partial charge on any atom is -0.480 e. The van der Waals surface area contributed by atoms with Gasteiger partial charge in [0.2, 0.25) is 0 Å². The SMILES string of the molecule is CC(C)=CCNC(=O)N1CCC(OCC(=O)O)CC1. The number of carbonyl (C=O) groups excluding carboxylic acids is 1. The van der Waals surface area contributed by atoms with E-state index in [2.05, 4.69) is 5.32 Å². The van der Waals surface area contributed by atoms with E-state index >= 15 is 0 Å². The van der Waals surface area contributed by atoms with Gasteiger partial charge in [-0.25, -0.2) is 9.59 Å². The van der Waals surface area contributed by atoms with E-state index in [0.29, 0.717) is 32.5 Å². The van der Waals surface area contributed by atoms with Crippen LogP contribution in [0.3, 0.4) is 0 Å². The van der Waals surface area contributed by atoms with E-state index in [1.807, 2.05) is 19.9 Å². The second kappa shape index (κ2) is 7.78. The van der Waals surface area contributed by atoms with Gasteiger partial charge in [-0.3, -0.25) is 0 Å². The fourth-order valence-corrected chi connectivity index (χ4v) is 1.87. The van der Waals surface area contributed by atoms with Crippen LogP contribution in [0.1, 0.15) is 26.7 Å². The Kier molecular flexibility index (Phi) is 6.35. The molecule has 0 saturated carbocycles. The molecule has 0 radical (unpaired) electrons. The van der Waals surface area contributed by atoms with Gasteiger partial charge in [-0.05, 0) is 26.7 Å². The molecule has 1 rings (SSSR count). The first-order chi connectivity index (χ1) is 8.99. The molecule has 0 aromatic rings. The molecule has 0 aliphatic carbocycles. The Morgan fingerprint density at radius 3 is 2.53 bits per heavy atom. The standard InChI is InChI=1S/C13H22N2O4/c1-10(2)3-6-14-13(18)15-7-4-11(5-8-15)19-9-12(16)17/h3,11H,4-9H2,1-2H3,(H,14,18)(H,16,17). The van der Waals surface area contributed by atoms with Crippen molar-refractivity contribution in [2.75, 3.05) is 26.2 Å². The Morgan fingerprint density at radius 2 is 2.00 bits per heavy atom. The van der Waals surface area contributed by atoms with Gasteiger partial charge >= 0.3 is 12.0 Å². The summed E-state index contributed by atoms with van der Waals surface area (Å²) in [4.78, 5) is 23.9. The fraction of sp³-hybridized carbons (Fsp3) is 0.692. The van der Waals surface area contributed by atoms with Crippen LogP contribution in [0, 0.1) is 0 Å². The summed E-state index contributed by atoms with van der Waals surface area (Å²) in [6.07, 6.45) is 3.27. The molecule has 1 aliphatic heterocycles. The molecule has 0 aromatic heterocycles. The van der Waals surface area contributed by atoms with Crippen molar-refractivity contribution in [3.05, 3.63) is 11.6 Å². The minimum absolute atomic E-state index is 0.0575. The van der Waals surface area contributed by atoms with Crippen LogP contribution in [-0.4, -0.2) is 54.4 Å². The number of nitrogens with one attached hydrogen (secondary N) is 1. The van der Waals surface area contributed by atoms with Crippen LogP contribution in [0.25, 0.3) is 0 Å². The lowest BCUT2D eigenvalue weighted by Gasteiger charge is -2.31. The van der Waals surface area contributed by atoms with Crippen molar-refractivity contribution >= 4 is 12.0 Å². The quantitative estimate of drug-likeness (QED) is 0.736. The lowest BCUT2D eigenvalue weighted by Crippen LogP contribution is -2.46. The number of allylic oxidation sites excluding steroid dienone is 1. The summed E-state index contributed by atoms with van der Waals surface area (Å²) in [6.45, 7) is 5.44. The molecule has 6 nitrogen and oxygen atoms in total. The van der Waals surface area contributed by atoms with Crippen molar-refractivity contribution < 1.29 is 19.4 Å². The normalized spacial score (nSPS) is 16.0. The highest BCUT2D eigenvalue weighted by atomic mass is 16.5. The van der Waals surface area contributed by atoms with Gasteiger partial charge < -0.3 is 20.1 Å². The Balaban J connectivity index is 2.23. The summed E-state index contributed by atoms with van der Waals surface area (Å²) >= 11 is 0. The van der Waals surface area contributed by atoms with Gasteiger partial charge in [-0.15, -0.1) is 0 Å². The van der Waals surface area contributed by atoms with Crippen molar-refractivity contribution in [3.8, 4) is 0 Å². The molecular formula is C13H22N2O4. The predicted octanol–water partition coefficient (Wildman–Crippen LogP) is 1.23. The topological polar surface area (TPSA) is 78.9 Å². The molecule has 19 heavy (non-hydrogen) atoms. The van der Waals surface area contributed by atoms with E-state index in [0.717, 1.165) is 0 Å². The number of hydrogen-bond donors (Lipinski definition) is 2. The van der Waals surface area contributed by atoms with Crippen LogP contribution >= 0.6 is 0 Å². The lowest BCUT2D eigenvalue weighted by atomic mass is 10.1. The maximum absolute atomic E-state index is 11.8. The largest absolute Gasteiger partial charge is 0.480 e. The summed E-state index contributed by atoms with van der Waals surface area (Å²) in [6, 6.07) is -0.0748. The second-order valence-electron chi connectivity index (χ2n) is 4.86. The third kappa shape index (κ3) is 6.24. The molecule has 0 atom stereocenters. The summed E-state index contributed by atoms with van der Waals surface area (Å²) in [7, 11) is 0. The van der Waals surface area contributed by atoms with E-state index in [9.17, 15) is 9.59 Å². The molecule has 1 saturated heterocycles. The van der Waals surface area contributed by atoms with Crippen LogP contribution in [0.4, 0.5) is 4.79 Å². The molecule has 2 N–H and O–H groups in total. The van der Waals surface area contributed by atoms with Crippen LogP contribution in [0.2, 0.25) is 0 Å². The zero-order valence-electron chi connectivity index (χ0n) is 11.5. The molecule has 2 amide bonds. The van der Waals surface area contributed by atoms with Crippen LogP contribution in [0.5, 0.6) is 0 Å². The van der Waals surface area contributed by atoms with E-state index in [4.69, 9.17) is 9.84 Å². The highest BCUT2D eigenvalue weighted by molar-refractivity contribution is 5.74. The number of ether oxygens (including phenoxy) is 1. The maximum atomic E-state index is 11.8. The number of hydrogen-bond acceptors (Lipinski definition) is 3. The molecule has 0 bridgehead atoms. The van der Waals surface area contributed by atoms with Crippen LogP contribution in [-0.2, 0) is 9.53 Å². The van der Waals surface area contributed by atoms with Gasteiger partial charge in [0, 0.05) is 19.6 Å². The fourth-order valence-electron chi connectivity index (χ4n) is 1.87. The number of carbonyl (C=O) groups is 2. The Bertz CT molecular complexity index is 343. The molecule has 0 aromatic carbocycles. The van der Waals surface area contributed by atoms with E-state index in [-0.39, 0.29) is 18.7 Å². The molecule has 6 heteroatoms. The number of piperidine rings is 1. The number of nitrogens with zero attached hydrogens (tertiary/aromatic N) is 1. The van der Waals surface area contributed by atoms with Crippen molar-refractivity contribution in [1.82, 2.24) is 10.2 Å². The Hall–Kier alpha value is -1.56. The number of carboxylic acid groups (broad SMARTS) is 1. The lowest BCUT2D eigenvalue weighted by molar-refractivity contribution is -0.145. The number of amides is 2. The number of carboxylic acids is 1. The number of urea groups is 1. The third-order valence-electron chi connectivity index (χ3n) is 2.94. The van der Waals surface area contributed by atoms with Gasteiger partial charge in [0.05, 0.1) is 6.10 Å². The molecule has 0 unspecified atom stereocenters. The van der Waals surface area contributed by atoms with Crippen molar-refractivity contribution in [1.29, 1.82) is 0 Å². The summed E-state index contributed by atoms with van der Waals surface area (Å²) in [5, 5.41) is 11.3. The molecule has 0 spiro atoms. The summed E-state index contributed by atoms with van der Waals surface area (Å²) in [5.74, 6) is -0.957. The van der Waals surface area contributed by atoms with Gasteiger partial charge in [0.15, 0.2) is 0 Å². The zero-order chi connectivity index (χ0) is 14.3. The molecule has 108 valence electrons. The van der Waals surface area contributed by atoms with Gasteiger partial charge in [-0.1, -0.05) is 11.6 Å². The zero-order valence-corrected chi connectivity index (χ0v) is 11.5. The Labute approximate surface area is 113 Å². The Morgan fingerprint density at radius 1 is 1.37 bits per heavy atom. The first kappa shape index (κ1) is 15.5. The van der Waals surface area contributed by atoms with Crippen molar-refractivity contribution in [2.24, 2.45) is 0 Å². The minimum atomic E-state index is -0.957. The maximum Gasteiger partial charge on any atom is 0.329 e. The second-order valence-corrected chi connectivity index (χ2v) is 4.86. The number of aliphatic carboxylic acids is 1. The third-order valence-corrected chi connectivity index (χ3v) is 2.94. The molecule has 1 heterocycles. The van der Waals surface area contributed by atoms with Crippen molar-refractivity contribution in [2.45, 2.75) is 32.8 Å². The van der Waals surface area contributed by atoms with Crippen LogP contribution in [0.15, 0.2) is 11.6 Å². The number of rotatable bonds is 5. The average molecular weight is 270 g/mol. The van der Waals surface area contributed by atoms with E-state index < -0.39 is 5.97 Å². The first-order valence-corrected chi connectivity index (χ1v) is 6.48.